The van der Waals surface area contributed by atoms with Crippen molar-refractivity contribution in [2.75, 3.05) is 5.32 Å². The predicted octanol–water partition coefficient (Wildman–Crippen LogP) is 4.52. The second kappa shape index (κ2) is 6.61. The smallest absolute Gasteiger partial charge is 0.182 e. The number of anilines is 1. The molecule has 7 nitrogen and oxygen atoms in total. The molecule has 3 heterocycles. The van der Waals surface area contributed by atoms with Gasteiger partial charge in [0.25, 0.3) is 0 Å². The van der Waals surface area contributed by atoms with E-state index in [1.54, 1.807) is 6.33 Å². The minimum atomic E-state index is -0.132. The van der Waals surface area contributed by atoms with Gasteiger partial charge < -0.3 is 10.3 Å². The Balaban J connectivity index is 1.64. The molecule has 0 amide bonds. The minimum Gasteiger partial charge on any atom is -0.358 e. The monoisotopic (exact) mass is 389 g/mol. The van der Waals surface area contributed by atoms with Gasteiger partial charge in [0.15, 0.2) is 11.5 Å². The van der Waals surface area contributed by atoms with Crippen molar-refractivity contribution in [2.24, 2.45) is 0 Å². The molecule has 0 saturated carbocycles. The van der Waals surface area contributed by atoms with E-state index in [0.717, 1.165) is 28.1 Å². The van der Waals surface area contributed by atoms with Crippen molar-refractivity contribution < 1.29 is 0 Å². The zero-order valence-corrected chi connectivity index (χ0v) is 15.7. The summed E-state index contributed by atoms with van der Waals surface area (Å²) in [6.07, 6.45) is 3.11. The fraction of sp³-hybridized carbons (Fsp3) is 0.100. The van der Waals surface area contributed by atoms with Gasteiger partial charge in [-0.25, -0.2) is 19.9 Å². The van der Waals surface area contributed by atoms with E-state index in [4.69, 9.17) is 16.6 Å². The van der Waals surface area contributed by atoms with Gasteiger partial charge in [-0.3, -0.25) is 4.57 Å². The molecule has 1 atom stereocenters. The van der Waals surface area contributed by atoms with Crippen LogP contribution < -0.4 is 5.32 Å². The Hall–Kier alpha value is -3.45. The minimum absolute atomic E-state index is 0.132. The van der Waals surface area contributed by atoms with E-state index < -0.39 is 0 Å². The first-order chi connectivity index (χ1) is 13.7. The van der Waals surface area contributed by atoms with Crippen molar-refractivity contribution in [2.45, 2.75) is 13.0 Å². The van der Waals surface area contributed by atoms with Crippen molar-refractivity contribution in [1.29, 1.82) is 0 Å². The Morgan fingerprint density at radius 2 is 1.93 bits per heavy atom. The van der Waals surface area contributed by atoms with Crippen LogP contribution in [0.4, 0.5) is 5.82 Å². The van der Waals surface area contributed by atoms with Crippen molar-refractivity contribution in [3.63, 3.8) is 0 Å². The van der Waals surface area contributed by atoms with Crippen LogP contribution in [0.5, 0.6) is 0 Å². The number of para-hydroxylation sites is 1. The fourth-order valence-electron chi connectivity index (χ4n) is 3.35. The third-order valence-electron chi connectivity index (χ3n) is 4.62. The average molecular weight is 390 g/mol. The predicted molar refractivity (Wildman–Crippen MR) is 110 cm³/mol. The van der Waals surface area contributed by atoms with Crippen LogP contribution in [0.3, 0.4) is 0 Å². The number of nitrogens with zero attached hydrogens (tertiary/aromatic N) is 5. The van der Waals surface area contributed by atoms with Crippen LogP contribution in [0.15, 0.2) is 61.2 Å². The van der Waals surface area contributed by atoms with Gasteiger partial charge in [0.05, 0.1) is 23.4 Å². The second-order valence-corrected chi connectivity index (χ2v) is 6.90. The molecule has 1 unspecified atom stereocenters. The van der Waals surface area contributed by atoms with Gasteiger partial charge >= 0.3 is 0 Å². The number of hydrogen-bond donors (Lipinski definition) is 2. The number of fused-ring (bicyclic) bond motifs is 2. The molecule has 28 heavy (non-hydrogen) atoms. The molecule has 0 aliphatic rings. The molecule has 0 aliphatic carbocycles. The molecule has 0 radical (unpaired) electrons. The Bertz CT molecular complexity index is 1280. The zero-order chi connectivity index (χ0) is 19.1. The van der Waals surface area contributed by atoms with Crippen LogP contribution in [-0.4, -0.2) is 29.5 Å². The van der Waals surface area contributed by atoms with E-state index >= 15 is 0 Å². The van der Waals surface area contributed by atoms with Crippen LogP contribution in [0, 0.1) is 0 Å². The normalized spacial score (nSPS) is 12.5. The van der Waals surface area contributed by atoms with E-state index in [0.29, 0.717) is 16.5 Å². The summed E-state index contributed by atoms with van der Waals surface area (Å²) in [6.45, 7) is 2.05. The summed E-state index contributed by atoms with van der Waals surface area (Å²) in [7, 11) is 0. The van der Waals surface area contributed by atoms with E-state index in [2.05, 4.69) is 42.0 Å². The molecule has 2 aromatic carbocycles. The summed E-state index contributed by atoms with van der Waals surface area (Å²) in [5, 5.41) is 4.11. The van der Waals surface area contributed by atoms with Gasteiger partial charge in [-0.05, 0) is 37.3 Å². The lowest BCUT2D eigenvalue weighted by atomic mass is 10.2. The number of H-pyrrole nitrogens is 1. The number of nitrogens with one attached hydrogen (secondary N) is 2. The molecule has 5 rings (SSSR count). The molecule has 0 fully saturated rings. The third-order valence-corrected chi connectivity index (χ3v) is 4.86. The van der Waals surface area contributed by atoms with Crippen LogP contribution >= 0.6 is 11.6 Å². The van der Waals surface area contributed by atoms with Crippen molar-refractivity contribution >= 4 is 39.6 Å². The van der Waals surface area contributed by atoms with Gasteiger partial charge in [0.1, 0.15) is 17.7 Å². The molecule has 3 aromatic heterocycles. The van der Waals surface area contributed by atoms with E-state index in [1.807, 2.05) is 43.3 Å². The number of aromatic amines is 1. The van der Waals surface area contributed by atoms with Crippen molar-refractivity contribution in [3.05, 3.63) is 72.0 Å². The maximum atomic E-state index is 6.26. The van der Waals surface area contributed by atoms with Gasteiger partial charge in [-0.2, -0.15) is 0 Å². The molecule has 2 N–H and O–H groups in total. The number of aromatic nitrogens is 6. The Morgan fingerprint density at radius 1 is 1.07 bits per heavy atom. The Labute approximate surface area is 165 Å². The molecule has 0 saturated heterocycles. The Kier molecular flexibility index (Phi) is 3.95. The van der Waals surface area contributed by atoms with Crippen molar-refractivity contribution in [3.8, 4) is 5.69 Å². The molecular formula is C20H16ClN7. The van der Waals surface area contributed by atoms with Crippen molar-refractivity contribution in [1.82, 2.24) is 29.5 Å². The number of halogens is 1. The summed E-state index contributed by atoms with van der Waals surface area (Å²) in [5.41, 5.74) is 4.24. The summed E-state index contributed by atoms with van der Waals surface area (Å²) in [5.74, 6) is 1.54. The molecule has 138 valence electrons. The lowest BCUT2D eigenvalue weighted by Gasteiger charge is -2.17. The maximum absolute atomic E-state index is 6.26. The number of imidazole rings is 2. The SMILES string of the molecule is CC(Nc1ncnc2nc[nH]c12)c1nc2ccc(Cl)cc2n1-c1ccccc1. The van der Waals surface area contributed by atoms with Gasteiger partial charge in [-0.1, -0.05) is 29.8 Å². The van der Waals surface area contributed by atoms with Gasteiger partial charge in [0.2, 0.25) is 0 Å². The molecule has 5 aromatic rings. The molecule has 8 heteroatoms. The number of hydrogen-bond acceptors (Lipinski definition) is 5. The van der Waals surface area contributed by atoms with Gasteiger partial charge in [0, 0.05) is 10.7 Å². The molecule has 0 spiro atoms. The van der Waals surface area contributed by atoms with E-state index in [9.17, 15) is 0 Å². The second-order valence-electron chi connectivity index (χ2n) is 6.46. The molecule has 0 aliphatic heterocycles. The summed E-state index contributed by atoms with van der Waals surface area (Å²) < 4.78 is 2.12. The highest BCUT2D eigenvalue weighted by Crippen LogP contribution is 2.29. The lowest BCUT2D eigenvalue weighted by Crippen LogP contribution is -2.14. The Morgan fingerprint density at radius 3 is 2.79 bits per heavy atom. The highest BCUT2D eigenvalue weighted by Gasteiger charge is 2.19. The first-order valence-corrected chi connectivity index (χ1v) is 9.22. The van der Waals surface area contributed by atoms with Crippen LogP contribution in [0.2, 0.25) is 5.02 Å². The zero-order valence-electron chi connectivity index (χ0n) is 15.0. The highest BCUT2D eigenvalue weighted by molar-refractivity contribution is 6.31. The number of benzene rings is 2. The van der Waals surface area contributed by atoms with Crippen LogP contribution in [0.1, 0.15) is 18.8 Å². The average Bonchev–Trinajstić information content (AvgIpc) is 3.33. The third kappa shape index (κ3) is 2.76. The summed E-state index contributed by atoms with van der Waals surface area (Å²) in [6, 6.07) is 15.7. The van der Waals surface area contributed by atoms with Crippen LogP contribution in [0.25, 0.3) is 27.9 Å². The summed E-state index contributed by atoms with van der Waals surface area (Å²) >= 11 is 6.26. The maximum Gasteiger partial charge on any atom is 0.182 e. The number of rotatable bonds is 4. The summed E-state index contributed by atoms with van der Waals surface area (Å²) in [4.78, 5) is 20.7. The molecular weight excluding hydrogens is 374 g/mol. The highest BCUT2D eigenvalue weighted by atomic mass is 35.5. The largest absolute Gasteiger partial charge is 0.358 e. The standard InChI is InChI=1S/C20H16ClN7/c1-12(26-19-17-18(23-10-22-17)24-11-25-19)20-27-15-8-7-13(21)9-16(15)28(20)14-5-3-2-4-6-14/h2-12H,1H3,(H2,22,23,24,25,26). The first-order valence-electron chi connectivity index (χ1n) is 8.84. The van der Waals surface area contributed by atoms with E-state index in [1.165, 1.54) is 6.33 Å². The lowest BCUT2D eigenvalue weighted by molar-refractivity contribution is 0.769. The quantitative estimate of drug-likeness (QED) is 0.472. The van der Waals surface area contributed by atoms with Gasteiger partial charge in [-0.15, -0.1) is 0 Å². The topological polar surface area (TPSA) is 84.3 Å². The van der Waals surface area contributed by atoms with E-state index in [-0.39, 0.29) is 6.04 Å². The fourth-order valence-corrected chi connectivity index (χ4v) is 3.52. The van der Waals surface area contributed by atoms with Crippen LogP contribution in [-0.2, 0) is 0 Å². The first kappa shape index (κ1) is 16.7. The molecule has 0 bridgehead atoms.